The minimum Gasteiger partial charge on any atom is -0.495 e. The van der Waals surface area contributed by atoms with E-state index in [1.165, 1.54) is 0 Å². The molecule has 0 aliphatic heterocycles. The lowest BCUT2D eigenvalue weighted by Crippen LogP contribution is -2.31. The van der Waals surface area contributed by atoms with Crippen molar-refractivity contribution in [2.75, 3.05) is 25.5 Å². The molecule has 1 aromatic rings. The van der Waals surface area contributed by atoms with Crippen molar-refractivity contribution >= 4 is 11.6 Å². The lowest BCUT2D eigenvalue weighted by atomic mass is 10.3. The first-order valence-corrected chi connectivity index (χ1v) is 5.95. The Bertz CT molecular complexity index is 380. The quantitative estimate of drug-likeness (QED) is 0.677. The van der Waals surface area contributed by atoms with Gasteiger partial charge in [0.2, 0.25) is 5.91 Å². The molecule has 0 heterocycles. The molecule has 0 saturated carbocycles. The number of carbonyl (C=O) groups is 1. The third-order valence-electron chi connectivity index (χ3n) is 2.43. The maximum absolute atomic E-state index is 11.5. The van der Waals surface area contributed by atoms with Gasteiger partial charge in [-0.2, -0.15) is 0 Å². The normalized spacial score (nSPS) is 11.7. The van der Waals surface area contributed by atoms with Crippen molar-refractivity contribution in [2.24, 2.45) is 0 Å². The number of aliphatic hydroxyl groups is 1. The van der Waals surface area contributed by atoms with Crippen molar-refractivity contribution in [2.45, 2.75) is 19.4 Å². The number of amides is 1. The smallest absolute Gasteiger partial charge is 0.239 e. The standard InChI is InChI=1S/C13H20N2O3/c1-10(16)7-8-14-13(17)9-15-11-5-3-4-6-12(11)18-2/h3-6,10,15-16H,7-9H2,1-2H3,(H,14,17). The second-order valence-electron chi connectivity index (χ2n) is 4.04. The number of ether oxygens (including phenoxy) is 1. The van der Waals surface area contributed by atoms with Crippen LogP contribution in [0.25, 0.3) is 0 Å². The van der Waals surface area contributed by atoms with Gasteiger partial charge in [-0.25, -0.2) is 0 Å². The minimum atomic E-state index is -0.396. The number of methoxy groups -OCH3 is 1. The first-order chi connectivity index (χ1) is 8.63. The largest absolute Gasteiger partial charge is 0.495 e. The van der Waals surface area contributed by atoms with Gasteiger partial charge >= 0.3 is 0 Å². The van der Waals surface area contributed by atoms with E-state index in [2.05, 4.69) is 10.6 Å². The second kappa shape index (κ2) is 7.55. The van der Waals surface area contributed by atoms with E-state index < -0.39 is 6.10 Å². The molecular formula is C13H20N2O3. The third-order valence-corrected chi connectivity index (χ3v) is 2.43. The van der Waals surface area contributed by atoms with Crippen LogP contribution in [0.4, 0.5) is 5.69 Å². The number of aliphatic hydroxyl groups excluding tert-OH is 1. The van der Waals surface area contributed by atoms with Gasteiger partial charge in [0.1, 0.15) is 5.75 Å². The summed E-state index contributed by atoms with van der Waals surface area (Å²) in [5.41, 5.74) is 0.783. The van der Waals surface area contributed by atoms with Crippen molar-refractivity contribution in [3.05, 3.63) is 24.3 Å². The highest BCUT2D eigenvalue weighted by Gasteiger charge is 2.04. The first-order valence-electron chi connectivity index (χ1n) is 5.95. The molecule has 18 heavy (non-hydrogen) atoms. The fourth-order valence-corrected chi connectivity index (χ4v) is 1.45. The van der Waals surface area contributed by atoms with E-state index in [1.54, 1.807) is 14.0 Å². The predicted molar refractivity (Wildman–Crippen MR) is 70.8 cm³/mol. The SMILES string of the molecule is COc1ccccc1NCC(=O)NCCC(C)O. The highest BCUT2D eigenvalue weighted by atomic mass is 16.5. The van der Waals surface area contributed by atoms with Gasteiger partial charge in [-0.15, -0.1) is 0 Å². The van der Waals surface area contributed by atoms with E-state index in [4.69, 9.17) is 9.84 Å². The van der Waals surface area contributed by atoms with Crippen LogP contribution < -0.4 is 15.4 Å². The maximum Gasteiger partial charge on any atom is 0.239 e. The Morgan fingerprint density at radius 1 is 1.44 bits per heavy atom. The highest BCUT2D eigenvalue weighted by Crippen LogP contribution is 2.22. The van der Waals surface area contributed by atoms with Crippen LogP contribution in [-0.4, -0.2) is 37.3 Å². The van der Waals surface area contributed by atoms with E-state index in [-0.39, 0.29) is 12.5 Å². The van der Waals surface area contributed by atoms with Crippen LogP contribution >= 0.6 is 0 Å². The van der Waals surface area contributed by atoms with Crippen molar-refractivity contribution < 1.29 is 14.6 Å². The van der Waals surface area contributed by atoms with Gasteiger partial charge in [0.05, 0.1) is 25.4 Å². The summed E-state index contributed by atoms with van der Waals surface area (Å²) >= 11 is 0. The lowest BCUT2D eigenvalue weighted by molar-refractivity contribution is -0.119. The summed E-state index contributed by atoms with van der Waals surface area (Å²) < 4.78 is 5.16. The number of carbonyl (C=O) groups excluding carboxylic acids is 1. The molecule has 0 radical (unpaired) electrons. The highest BCUT2D eigenvalue weighted by molar-refractivity contribution is 5.81. The molecule has 100 valence electrons. The molecule has 1 rings (SSSR count). The predicted octanol–water partition coefficient (Wildman–Crippen LogP) is 0.994. The molecule has 3 N–H and O–H groups in total. The lowest BCUT2D eigenvalue weighted by Gasteiger charge is -2.11. The molecule has 0 aliphatic carbocycles. The van der Waals surface area contributed by atoms with Gasteiger partial charge in [0, 0.05) is 6.54 Å². The summed E-state index contributed by atoms with van der Waals surface area (Å²) in [4.78, 5) is 11.5. The van der Waals surface area contributed by atoms with Crippen molar-refractivity contribution in [3.63, 3.8) is 0 Å². The third kappa shape index (κ3) is 5.05. The Morgan fingerprint density at radius 2 is 2.17 bits per heavy atom. The molecule has 5 nitrogen and oxygen atoms in total. The molecular weight excluding hydrogens is 232 g/mol. The molecule has 0 spiro atoms. The molecule has 5 heteroatoms. The Balaban J connectivity index is 2.33. The summed E-state index contributed by atoms with van der Waals surface area (Å²) in [6.45, 7) is 2.35. The Labute approximate surface area is 107 Å². The van der Waals surface area contributed by atoms with E-state index >= 15 is 0 Å². The minimum absolute atomic E-state index is 0.110. The van der Waals surface area contributed by atoms with Crippen LogP contribution in [0.3, 0.4) is 0 Å². The summed E-state index contributed by atoms with van der Waals surface area (Å²) in [6, 6.07) is 7.42. The van der Waals surface area contributed by atoms with Gasteiger partial charge < -0.3 is 20.5 Å². The molecule has 1 atom stereocenters. The van der Waals surface area contributed by atoms with E-state index in [9.17, 15) is 4.79 Å². The number of nitrogens with one attached hydrogen (secondary N) is 2. The molecule has 1 amide bonds. The molecule has 1 unspecified atom stereocenters. The van der Waals surface area contributed by atoms with Crippen molar-refractivity contribution in [1.29, 1.82) is 0 Å². The fourth-order valence-electron chi connectivity index (χ4n) is 1.45. The van der Waals surface area contributed by atoms with E-state index in [0.717, 1.165) is 5.69 Å². The fraction of sp³-hybridized carbons (Fsp3) is 0.462. The zero-order valence-electron chi connectivity index (χ0n) is 10.8. The molecule has 1 aromatic carbocycles. The van der Waals surface area contributed by atoms with Crippen molar-refractivity contribution in [3.8, 4) is 5.75 Å². The number of rotatable bonds is 7. The number of anilines is 1. The van der Waals surface area contributed by atoms with Gasteiger partial charge in [0.25, 0.3) is 0 Å². The number of hydrogen-bond acceptors (Lipinski definition) is 4. The first kappa shape index (κ1) is 14.3. The van der Waals surface area contributed by atoms with Crippen molar-refractivity contribution in [1.82, 2.24) is 5.32 Å². The summed E-state index contributed by atoms with van der Waals surface area (Å²) in [5, 5.41) is 14.8. The maximum atomic E-state index is 11.5. The van der Waals surface area contributed by atoms with Gasteiger partial charge in [-0.1, -0.05) is 12.1 Å². The second-order valence-corrected chi connectivity index (χ2v) is 4.04. The number of benzene rings is 1. The number of para-hydroxylation sites is 2. The molecule has 0 aromatic heterocycles. The van der Waals surface area contributed by atoms with Crippen LogP contribution in [0.5, 0.6) is 5.75 Å². The van der Waals surface area contributed by atoms with Crippen LogP contribution in [0.2, 0.25) is 0 Å². The average Bonchev–Trinajstić information content (AvgIpc) is 2.36. The van der Waals surface area contributed by atoms with Gasteiger partial charge in [0.15, 0.2) is 0 Å². The molecule has 0 saturated heterocycles. The monoisotopic (exact) mass is 252 g/mol. The topological polar surface area (TPSA) is 70.6 Å². The zero-order valence-corrected chi connectivity index (χ0v) is 10.8. The van der Waals surface area contributed by atoms with E-state index in [1.807, 2.05) is 24.3 Å². The summed E-state index contributed by atoms with van der Waals surface area (Å²) in [6.07, 6.45) is 0.160. The van der Waals surface area contributed by atoms with Crippen LogP contribution in [-0.2, 0) is 4.79 Å². The van der Waals surface area contributed by atoms with E-state index in [0.29, 0.717) is 18.7 Å². The van der Waals surface area contributed by atoms with Gasteiger partial charge in [-0.3, -0.25) is 4.79 Å². The van der Waals surface area contributed by atoms with Crippen LogP contribution in [0.15, 0.2) is 24.3 Å². The average molecular weight is 252 g/mol. The zero-order chi connectivity index (χ0) is 13.4. The summed E-state index contributed by atoms with van der Waals surface area (Å²) in [7, 11) is 1.59. The van der Waals surface area contributed by atoms with Gasteiger partial charge in [-0.05, 0) is 25.5 Å². The number of hydrogen-bond donors (Lipinski definition) is 3. The molecule has 0 fully saturated rings. The Kier molecular flexibility index (Phi) is 6.00. The van der Waals surface area contributed by atoms with Crippen LogP contribution in [0.1, 0.15) is 13.3 Å². The van der Waals surface area contributed by atoms with Crippen LogP contribution in [0, 0.1) is 0 Å². The summed E-state index contributed by atoms with van der Waals surface area (Å²) in [5.74, 6) is 0.593. The Morgan fingerprint density at radius 3 is 2.83 bits per heavy atom. The molecule has 0 aliphatic rings. The molecule has 0 bridgehead atoms. The Hall–Kier alpha value is -1.75.